The Morgan fingerprint density at radius 1 is 0.322 bits per heavy atom. The summed E-state index contributed by atoms with van der Waals surface area (Å²) in [4.78, 5) is 22.7. The summed E-state index contributed by atoms with van der Waals surface area (Å²) in [6.07, 6.45) is 15.1. The van der Waals surface area contributed by atoms with Crippen molar-refractivity contribution in [2.24, 2.45) is 25.0 Å². The Balaban J connectivity index is 0.000000706. The van der Waals surface area contributed by atoms with Gasteiger partial charge in [-0.3, -0.25) is 25.0 Å². The van der Waals surface area contributed by atoms with Crippen molar-refractivity contribution in [3.05, 3.63) is 266 Å². The second kappa shape index (κ2) is 60.1. The van der Waals surface area contributed by atoms with Gasteiger partial charge in [-0.2, -0.15) is 0 Å². The molecular formula is C93H117Cl10N5O5Ti2Zr3. The van der Waals surface area contributed by atoms with Gasteiger partial charge in [0.2, 0.25) is 0 Å². The number of para-hydroxylation sites is 7. The normalized spacial score (nSPS) is 12.1. The van der Waals surface area contributed by atoms with Gasteiger partial charge in [-0.05, 0) is 171 Å². The van der Waals surface area contributed by atoms with Crippen LogP contribution >= 0.6 is 88.3 Å². The van der Waals surface area contributed by atoms with Gasteiger partial charge in [-0.25, -0.2) is 0 Å². The standard InChI is InChI=1S/2C20H25NO.2C18H21NO.C17H25NO.10ClH.2Ti.3Zr/c2*1-14(2)16-10-6-7-12-18(16)21-13-15-9-8-11-17(19(15)22)20(3,4)5;2*1-13-8-10-15(11-9-13)19-12-14-6-5-7-16(17(14)20)18(2,3)4;1-17(2,3)15-11-7-8-13(16(15)19)12-18-14-9-5-4-6-10-14;;;;;;;;;;;;;;;/h2*6-14,22H,1-5H3;2*5-12,20H,1-4H3;7-8,11-12,14,19H,4-6,9-10H2,1-3H3;10*1H;;;;;/q;;;;;;;;;;;;;;;5*+2/p-10. The molecule has 10 nitrogen and oxygen atoms in total. The first-order valence-electron chi connectivity index (χ1n) is 38.4. The van der Waals surface area contributed by atoms with E-state index in [9.17, 15) is 25.5 Å². The summed E-state index contributed by atoms with van der Waals surface area (Å²) in [7, 11) is 49.2. The number of aromatic hydroxyl groups is 5. The summed E-state index contributed by atoms with van der Waals surface area (Å²) >= 11 is -3.59. The van der Waals surface area contributed by atoms with E-state index in [1.807, 2.05) is 196 Å². The number of hydrogen-bond acceptors (Lipinski definition) is 10. The maximum atomic E-state index is 10.5. The van der Waals surface area contributed by atoms with Crippen LogP contribution in [0.15, 0.2) is 213 Å². The number of rotatable bonds is 12. The molecule has 0 saturated heterocycles. The van der Waals surface area contributed by atoms with Crippen molar-refractivity contribution in [2.45, 2.75) is 222 Å². The minimum absolute atomic E-state index is 0.0429. The van der Waals surface area contributed by atoms with Crippen LogP contribution in [0, 0.1) is 13.8 Å². The number of halogens is 10. The fraction of sp³-hybridized carbons (Fsp3) is 0.366. The van der Waals surface area contributed by atoms with E-state index in [1.54, 1.807) is 24.9 Å². The van der Waals surface area contributed by atoms with Gasteiger partial charge < -0.3 is 25.5 Å². The van der Waals surface area contributed by atoms with Crippen molar-refractivity contribution in [1.29, 1.82) is 0 Å². The molecule has 0 amide bonds. The van der Waals surface area contributed by atoms with Crippen LogP contribution in [-0.2, 0) is 124 Å². The molecule has 0 heterocycles. The Kier molecular flexibility index (Phi) is 57.7. The Hall–Kier alpha value is -2.69. The van der Waals surface area contributed by atoms with E-state index in [-0.39, 0.29) is 27.1 Å². The molecule has 0 aromatic heterocycles. The number of aliphatic imine (C=N–C) groups is 5. The fourth-order valence-corrected chi connectivity index (χ4v) is 11.8. The molecule has 118 heavy (non-hydrogen) atoms. The Morgan fingerprint density at radius 3 is 0.771 bits per heavy atom. The van der Waals surface area contributed by atoms with Gasteiger partial charge >= 0.3 is 185 Å². The molecule has 0 atom stereocenters. The van der Waals surface area contributed by atoms with Crippen LogP contribution in [0.2, 0.25) is 0 Å². The molecule has 1 saturated carbocycles. The third-order valence-corrected chi connectivity index (χ3v) is 18.0. The third kappa shape index (κ3) is 44.0. The molecule has 5 N–H and O–H groups in total. The molecule has 0 aliphatic heterocycles. The topological polar surface area (TPSA) is 163 Å². The summed E-state index contributed by atoms with van der Waals surface area (Å²) in [6.45, 7) is 44.2. The summed E-state index contributed by atoms with van der Waals surface area (Å²) in [5.74, 6) is 2.49. The molecule has 25 heteroatoms. The first-order chi connectivity index (χ1) is 55.4. The molecule has 1 aliphatic rings. The molecular weight excluding hydrogens is 1990 g/mol. The molecule has 1 aliphatic carbocycles. The monoisotopic (exact) mass is 2100 g/mol. The third-order valence-electron chi connectivity index (χ3n) is 18.0. The Morgan fingerprint density at radius 2 is 0.542 bits per heavy atom. The zero-order chi connectivity index (χ0) is 89.6. The molecule has 0 spiro atoms. The van der Waals surface area contributed by atoms with Gasteiger partial charge in [-0.15, -0.1) is 0 Å². The summed E-state index contributed by atoms with van der Waals surface area (Å²) in [5, 5.41) is 52.1. The van der Waals surface area contributed by atoms with Gasteiger partial charge in [0.15, 0.2) is 0 Å². The quantitative estimate of drug-likeness (QED) is 0.0607. The van der Waals surface area contributed by atoms with Crippen molar-refractivity contribution in [3.8, 4) is 28.7 Å². The second-order valence-corrected chi connectivity index (χ2v) is 49.4. The van der Waals surface area contributed by atoms with Gasteiger partial charge in [0.05, 0.1) is 22.7 Å². The second-order valence-electron chi connectivity index (χ2n) is 33.0. The van der Waals surface area contributed by atoms with Crippen LogP contribution < -0.4 is 0 Å². The fourth-order valence-electron chi connectivity index (χ4n) is 11.8. The van der Waals surface area contributed by atoms with E-state index in [0.717, 1.165) is 78.4 Å². The van der Waals surface area contributed by atoms with Gasteiger partial charge in [0.1, 0.15) is 28.7 Å². The van der Waals surface area contributed by atoms with E-state index in [0.29, 0.717) is 46.6 Å². The van der Waals surface area contributed by atoms with E-state index < -0.39 is 96.6 Å². The van der Waals surface area contributed by atoms with Crippen LogP contribution in [0.5, 0.6) is 28.7 Å². The number of phenols is 5. The zero-order valence-electron chi connectivity index (χ0n) is 71.8. The van der Waals surface area contributed by atoms with Gasteiger partial charge in [0, 0.05) is 64.9 Å². The van der Waals surface area contributed by atoms with E-state index in [2.05, 4.69) is 169 Å². The van der Waals surface area contributed by atoms with Gasteiger partial charge in [-0.1, -0.05) is 283 Å². The average molecular weight is 2110 g/mol. The van der Waals surface area contributed by atoms with Crippen molar-refractivity contribution < 1.29 is 122 Å². The number of benzene rings is 9. The minimum atomic E-state index is -0.826. The molecule has 0 bridgehead atoms. The van der Waals surface area contributed by atoms with Crippen LogP contribution in [0.4, 0.5) is 22.7 Å². The van der Waals surface area contributed by atoms with E-state index in [4.69, 9.17) is 88.3 Å². The Labute approximate surface area is 796 Å². The van der Waals surface area contributed by atoms with Crippen LogP contribution in [-0.4, -0.2) is 62.6 Å². The van der Waals surface area contributed by atoms with Crippen LogP contribution in [0.1, 0.15) is 253 Å². The predicted octanol–water partition coefficient (Wildman–Crippen LogP) is 31.9. The molecule has 9 aromatic rings. The first-order valence-corrected chi connectivity index (χ1v) is 66.0. The number of nitrogens with zero attached hydrogens (tertiary/aromatic N) is 5. The maximum absolute atomic E-state index is 10.5. The van der Waals surface area contributed by atoms with E-state index in [1.165, 1.54) is 54.4 Å². The molecule has 9 aromatic carbocycles. The molecule has 634 valence electrons. The van der Waals surface area contributed by atoms with Crippen molar-refractivity contribution in [3.63, 3.8) is 0 Å². The number of hydrogen-bond donors (Lipinski definition) is 5. The van der Waals surface area contributed by atoms with Crippen LogP contribution in [0.25, 0.3) is 0 Å². The predicted molar refractivity (Wildman–Crippen MR) is 499 cm³/mol. The summed E-state index contributed by atoms with van der Waals surface area (Å²) < 4.78 is 0. The van der Waals surface area contributed by atoms with Crippen molar-refractivity contribution in [1.82, 2.24) is 0 Å². The van der Waals surface area contributed by atoms with Crippen LogP contribution in [0.3, 0.4) is 0 Å². The van der Waals surface area contributed by atoms with Gasteiger partial charge in [0.25, 0.3) is 0 Å². The van der Waals surface area contributed by atoms with Crippen molar-refractivity contribution >= 4 is 142 Å². The number of aryl methyl sites for hydroxylation is 2. The summed E-state index contributed by atoms with van der Waals surface area (Å²) in [5.41, 5.74) is 16.7. The zero-order valence-corrected chi connectivity index (χ0v) is 89.9. The molecule has 0 radical (unpaired) electrons. The number of phenolic OH excluding ortho intramolecular Hbond substituents is 5. The summed E-state index contributed by atoms with van der Waals surface area (Å²) in [6, 6.07) is 61.9. The van der Waals surface area contributed by atoms with Crippen molar-refractivity contribution in [2.75, 3.05) is 0 Å². The SMILES string of the molecule is CC(C)(C)c1cccc(C=NC2CCCCC2)c1O.CC(C)c1ccccc1N=Cc1cccc(C(C)(C)C)c1O.CC(C)c1ccccc1N=Cc1cccc(C(C)(C)C)c1O.Cc1ccc(N=Cc2cccc(C(C)(C)C)c2O)cc1.Cc1ccc(N=Cc2cccc(C(C)(C)C)c2O)cc1.[Cl][Ti][Cl].[Cl][Ti][Cl].[Cl][Zr][Cl].[Cl][Zr][Cl].[Cl][Zr][Cl]. The average Bonchev–Trinajstić information content (AvgIpc) is 0.836. The van der Waals surface area contributed by atoms with E-state index >= 15 is 0 Å². The molecule has 0 unspecified atom stereocenters. The first kappa shape index (κ1) is 113. The molecule has 1 fully saturated rings. The Bertz CT molecular complexity index is 4270. The molecule has 10 rings (SSSR count).